The maximum absolute atomic E-state index is 11.2. The fourth-order valence-electron chi connectivity index (χ4n) is 1.80. The molecule has 0 aliphatic heterocycles. The lowest BCUT2D eigenvalue weighted by atomic mass is 10.1. The molecule has 0 saturated heterocycles. The first-order chi connectivity index (χ1) is 8.88. The zero-order chi connectivity index (χ0) is 14.6. The van der Waals surface area contributed by atoms with Crippen molar-refractivity contribution in [3.63, 3.8) is 0 Å². The number of hydrogen-bond donors (Lipinski definition) is 1. The molecule has 0 saturated carbocycles. The Hall–Kier alpha value is -2.15. The van der Waals surface area contributed by atoms with Crippen LogP contribution < -0.4 is 4.90 Å². The molecule has 104 valence electrons. The van der Waals surface area contributed by atoms with E-state index in [1.807, 2.05) is 0 Å². The summed E-state index contributed by atoms with van der Waals surface area (Å²) in [6.45, 7) is 2.15. The Bertz CT molecular complexity index is 457. The molecule has 1 aromatic carbocycles. The van der Waals surface area contributed by atoms with Crippen LogP contribution in [0.2, 0.25) is 0 Å². The van der Waals surface area contributed by atoms with Crippen LogP contribution in [0.3, 0.4) is 0 Å². The van der Waals surface area contributed by atoms with Crippen molar-refractivity contribution in [2.45, 2.75) is 13.0 Å². The Labute approximate surface area is 110 Å². The van der Waals surface area contributed by atoms with Gasteiger partial charge in [0.2, 0.25) is 0 Å². The molecule has 19 heavy (non-hydrogen) atoms. The van der Waals surface area contributed by atoms with Crippen LogP contribution in [0.25, 0.3) is 0 Å². The second-order valence-electron chi connectivity index (χ2n) is 4.16. The maximum atomic E-state index is 11.2. The molecule has 0 radical (unpaired) electrons. The van der Waals surface area contributed by atoms with E-state index in [-0.39, 0.29) is 23.0 Å². The lowest BCUT2D eigenvalue weighted by Gasteiger charge is -2.23. The van der Waals surface area contributed by atoms with Gasteiger partial charge >= 0.3 is 5.97 Å². The number of carboxylic acids is 1. The lowest BCUT2D eigenvalue weighted by molar-refractivity contribution is -0.384. The van der Waals surface area contributed by atoms with Gasteiger partial charge in [0.15, 0.2) is 0 Å². The van der Waals surface area contributed by atoms with Crippen molar-refractivity contribution in [1.82, 2.24) is 0 Å². The molecule has 0 aliphatic carbocycles. The highest BCUT2D eigenvalue weighted by Crippen LogP contribution is 2.31. The highest BCUT2D eigenvalue weighted by Gasteiger charge is 2.25. The Balaban J connectivity index is 3.28. The Morgan fingerprint density at radius 3 is 2.68 bits per heavy atom. The van der Waals surface area contributed by atoms with E-state index in [1.165, 1.54) is 30.2 Å². The van der Waals surface area contributed by atoms with Crippen molar-refractivity contribution >= 4 is 17.3 Å². The van der Waals surface area contributed by atoms with Gasteiger partial charge in [-0.05, 0) is 13.0 Å². The molecule has 1 atom stereocenters. The number of nitrogens with zero attached hydrogens (tertiary/aromatic N) is 2. The third-order valence-electron chi connectivity index (χ3n) is 2.76. The number of carboxylic acid groups (broad SMARTS) is 1. The van der Waals surface area contributed by atoms with E-state index >= 15 is 0 Å². The number of nitro benzene ring substituents is 1. The van der Waals surface area contributed by atoms with E-state index in [2.05, 4.69) is 0 Å². The molecule has 0 amide bonds. The summed E-state index contributed by atoms with van der Waals surface area (Å²) in [7, 11) is 3.13. The summed E-state index contributed by atoms with van der Waals surface area (Å²) < 4.78 is 5.08. The molecule has 0 aliphatic rings. The summed E-state index contributed by atoms with van der Waals surface area (Å²) >= 11 is 0. The van der Waals surface area contributed by atoms with Crippen molar-refractivity contribution in [2.24, 2.45) is 0 Å². The van der Waals surface area contributed by atoms with Crippen molar-refractivity contribution < 1.29 is 19.6 Å². The number of nitro groups is 1. The average Bonchev–Trinajstić information content (AvgIpc) is 2.37. The van der Waals surface area contributed by atoms with E-state index in [9.17, 15) is 14.9 Å². The number of hydrogen-bond acceptors (Lipinski definition) is 5. The lowest BCUT2D eigenvalue weighted by Crippen LogP contribution is -2.30. The second-order valence-corrected chi connectivity index (χ2v) is 4.16. The Morgan fingerprint density at radius 2 is 2.21 bits per heavy atom. The number of anilines is 1. The topological polar surface area (TPSA) is 92.9 Å². The molecule has 0 fully saturated rings. The summed E-state index contributed by atoms with van der Waals surface area (Å²) in [5.41, 5.74) is -0.241. The number of aromatic carboxylic acids is 1. The number of ether oxygens (including phenoxy) is 1. The normalized spacial score (nSPS) is 11.9. The van der Waals surface area contributed by atoms with Crippen LogP contribution in [0, 0.1) is 10.1 Å². The summed E-state index contributed by atoms with van der Waals surface area (Å²) in [5, 5.41) is 20.1. The summed E-state index contributed by atoms with van der Waals surface area (Å²) in [5.74, 6) is -1.20. The molecule has 7 heteroatoms. The van der Waals surface area contributed by atoms with Crippen LogP contribution in [0.15, 0.2) is 18.2 Å². The van der Waals surface area contributed by atoms with E-state index in [1.54, 1.807) is 14.0 Å². The van der Waals surface area contributed by atoms with Gasteiger partial charge in [-0.1, -0.05) is 6.07 Å². The number of benzene rings is 1. The van der Waals surface area contributed by atoms with Crippen LogP contribution in [0.5, 0.6) is 0 Å². The van der Waals surface area contributed by atoms with Gasteiger partial charge < -0.3 is 14.7 Å². The van der Waals surface area contributed by atoms with Crippen LogP contribution in [-0.2, 0) is 4.74 Å². The number of methoxy groups -OCH3 is 1. The van der Waals surface area contributed by atoms with E-state index in [0.29, 0.717) is 6.54 Å². The minimum Gasteiger partial charge on any atom is -0.478 e. The smallest absolute Gasteiger partial charge is 0.338 e. The molecular formula is C12H16N2O5. The Morgan fingerprint density at radius 1 is 1.58 bits per heavy atom. The van der Waals surface area contributed by atoms with Crippen molar-refractivity contribution in [3.8, 4) is 0 Å². The number of para-hydroxylation sites is 1. The minimum absolute atomic E-state index is 0.0869. The number of carbonyl (C=O) groups is 1. The van der Waals surface area contributed by atoms with Crippen LogP contribution in [0.1, 0.15) is 17.3 Å². The fourth-order valence-corrected chi connectivity index (χ4v) is 1.80. The van der Waals surface area contributed by atoms with Crippen LogP contribution in [-0.4, -0.2) is 42.8 Å². The van der Waals surface area contributed by atoms with Crippen LogP contribution in [0.4, 0.5) is 11.4 Å². The molecule has 1 aromatic rings. The van der Waals surface area contributed by atoms with Gasteiger partial charge in [0, 0.05) is 26.8 Å². The quantitative estimate of drug-likeness (QED) is 0.624. The van der Waals surface area contributed by atoms with Crippen LogP contribution >= 0.6 is 0 Å². The molecule has 0 spiro atoms. The standard InChI is InChI=1S/C12H16N2O5/c1-8(19-3)7-13(2)11-9(12(15)16)5-4-6-10(11)14(17)18/h4-6,8H,7H2,1-3H3,(H,15,16). The van der Waals surface area contributed by atoms with Crippen molar-refractivity contribution in [3.05, 3.63) is 33.9 Å². The van der Waals surface area contributed by atoms with Gasteiger partial charge in [-0.3, -0.25) is 10.1 Å². The van der Waals surface area contributed by atoms with Gasteiger partial charge in [-0.25, -0.2) is 4.79 Å². The maximum Gasteiger partial charge on any atom is 0.338 e. The summed E-state index contributed by atoms with van der Waals surface area (Å²) in [6.07, 6.45) is -0.175. The van der Waals surface area contributed by atoms with Crippen molar-refractivity contribution in [2.75, 3.05) is 25.6 Å². The molecule has 0 aromatic heterocycles. The minimum atomic E-state index is -1.20. The van der Waals surface area contributed by atoms with E-state index < -0.39 is 10.9 Å². The molecule has 1 rings (SSSR count). The predicted octanol–water partition coefficient (Wildman–Crippen LogP) is 1.76. The zero-order valence-corrected chi connectivity index (χ0v) is 11.0. The first-order valence-electron chi connectivity index (χ1n) is 5.63. The number of likely N-dealkylation sites (N-methyl/N-ethyl adjacent to an activating group) is 1. The van der Waals surface area contributed by atoms with Gasteiger partial charge in [0.1, 0.15) is 5.69 Å². The molecule has 0 heterocycles. The van der Waals surface area contributed by atoms with Gasteiger partial charge in [-0.15, -0.1) is 0 Å². The zero-order valence-electron chi connectivity index (χ0n) is 11.0. The first-order valence-corrected chi connectivity index (χ1v) is 5.63. The van der Waals surface area contributed by atoms with Gasteiger partial charge in [0.25, 0.3) is 5.69 Å². The largest absolute Gasteiger partial charge is 0.478 e. The third kappa shape index (κ3) is 3.41. The average molecular weight is 268 g/mol. The number of rotatable bonds is 6. The van der Waals surface area contributed by atoms with E-state index in [0.717, 1.165) is 0 Å². The monoisotopic (exact) mass is 268 g/mol. The summed E-state index contributed by atoms with van der Waals surface area (Å²) in [6, 6.07) is 3.99. The highest BCUT2D eigenvalue weighted by molar-refractivity contribution is 5.97. The molecule has 0 bridgehead atoms. The molecule has 1 unspecified atom stereocenters. The van der Waals surface area contributed by atoms with Crippen molar-refractivity contribution in [1.29, 1.82) is 0 Å². The molecule has 7 nitrogen and oxygen atoms in total. The molecule has 1 N–H and O–H groups in total. The predicted molar refractivity (Wildman–Crippen MR) is 69.8 cm³/mol. The third-order valence-corrected chi connectivity index (χ3v) is 2.76. The molecular weight excluding hydrogens is 252 g/mol. The first kappa shape index (κ1) is 14.9. The highest BCUT2D eigenvalue weighted by atomic mass is 16.6. The second kappa shape index (κ2) is 6.14. The summed E-state index contributed by atoms with van der Waals surface area (Å²) in [4.78, 5) is 23.1. The Kier molecular flexibility index (Phi) is 4.82. The van der Waals surface area contributed by atoms with Gasteiger partial charge in [-0.2, -0.15) is 0 Å². The fraction of sp³-hybridized carbons (Fsp3) is 0.417. The van der Waals surface area contributed by atoms with E-state index in [4.69, 9.17) is 9.84 Å². The SMILES string of the molecule is COC(C)CN(C)c1c(C(=O)O)cccc1[N+](=O)[O-]. The van der Waals surface area contributed by atoms with Gasteiger partial charge in [0.05, 0.1) is 16.6 Å².